The molecule has 1 aliphatic heterocycles. The molecule has 1 saturated carbocycles. The number of benzene rings is 1. The highest BCUT2D eigenvalue weighted by molar-refractivity contribution is 5.85. The zero-order valence-electron chi connectivity index (χ0n) is 18.2. The van der Waals surface area contributed by atoms with Gasteiger partial charge in [0.15, 0.2) is 0 Å². The predicted molar refractivity (Wildman–Crippen MR) is 122 cm³/mol. The molecule has 1 saturated heterocycles. The number of aryl methyl sites for hydroxylation is 1. The number of aromatic nitrogens is 3. The van der Waals surface area contributed by atoms with E-state index in [1.54, 1.807) is 12.4 Å². The third-order valence-corrected chi connectivity index (χ3v) is 6.48. The van der Waals surface area contributed by atoms with E-state index >= 15 is 0 Å². The summed E-state index contributed by atoms with van der Waals surface area (Å²) in [5.74, 6) is 1.57. The summed E-state index contributed by atoms with van der Waals surface area (Å²) >= 11 is 0. The first-order valence-electron chi connectivity index (χ1n) is 11.4. The summed E-state index contributed by atoms with van der Waals surface area (Å²) < 4.78 is 12.1. The van der Waals surface area contributed by atoms with Crippen LogP contribution < -0.4 is 9.64 Å². The molecule has 3 aromatic rings. The average molecular weight is 419 g/mol. The van der Waals surface area contributed by atoms with Gasteiger partial charge in [0.05, 0.1) is 24.8 Å². The fraction of sp³-hybridized carbons (Fsp3) is 0.480. The highest BCUT2D eigenvalue weighted by Gasteiger charge is 2.24. The second-order valence-electron chi connectivity index (χ2n) is 8.74. The van der Waals surface area contributed by atoms with Gasteiger partial charge in [-0.15, -0.1) is 0 Å². The molecule has 0 unspecified atom stereocenters. The third-order valence-electron chi connectivity index (χ3n) is 6.48. The van der Waals surface area contributed by atoms with Crippen molar-refractivity contribution in [3.8, 4) is 5.75 Å². The van der Waals surface area contributed by atoms with Crippen LogP contribution in [0.5, 0.6) is 5.75 Å². The van der Waals surface area contributed by atoms with Gasteiger partial charge in [0.25, 0.3) is 0 Å². The van der Waals surface area contributed by atoms with Gasteiger partial charge in [0.2, 0.25) is 0 Å². The van der Waals surface area contributed by atoms with E-state index in [1.165, 1.54) is 18.4 Å². The van der Waals surface area contributed by atoms with Crippen molar-refractivity contribution in [1.29, 1.82) is 0 Å². The van der Waals surface area contributed by atoms with Crippen LogP contribution in [0.2, 0.25) is 0 Å². The maximum absolute atomic E-state index is 6.54. The topological polar surface area (TPSA) is 60.4 Å². The van der Waals surface area contributed by atoms with Crippen molar-refractivity contribution in [1.82, 2.24) is 15.0 Å². The second-order valence-corrected chi connectivity index (χ2v) is 8.74. The Hall–Kier alpha value is -2.73. The number of anilines is 1. The van der Waals surface area contributed by atoms with E-state index in [0.717, 1.165) is 73.7 Å². The van der Waals surface area contributed by atoms with Crippen molar-refractivity contribution in [2.24, 2.45) is 5.92 Å². The summed E-state index contributed by atoms with van der Waals surface area (Å²) in [5, 5.41) is 0. The summed E-state index contributed by atoms with van der Waals surface area (Å²) in [7, 11) is 0. The van der Waals surface area contributed by atoms with Gasteiger partial charge in [0, 0.05) is 49.1 Å². The Labute approximate surface area is 183 Å². The normalized spacial score (nSPS) is 21.9. The second kappa shape index (κ2) is 9.18. The first-order chi connectivity index (χ1) is 15.2. The molecule has 6 nitrogen and oxygen atoms in total. The molecule has 0 spiro atoms. The minimum atomic E-state index is 0.234. The van der Waals surface area contributed by atoms with Crippen LogP contribution in [0.3, 0.4) is 0 Å². The van der Waals surface area contributed by atoms with Crippen LogP contribution in [0.15, 0.2) is 42.9 Å². The molecule has 0 bridgehead atoms. The summed E-state index contributed by atoms with van der Waals surface area (Å²) in [6.07, 6.45) is 11.4. The molecular formula is C25H30N4O2. The number of fused-ring (bicyclic) bond motifs is 1. The van der Waals surface area contributed by atoms with Crippen molar-refractivity contribution >= 4 is 16.7 Å². The lowest BCUT2D eigenvalue weighted by Gasteiger charge is -2.31. The van der Waals surface area contributed by atoms with Crippen molar-refractivity contribution in [3.63, 3.8) is 0 Å². The number of hydrogen-bond acceptors (Lipinski definition) is 6. The van der Waals surface area contributed by atoms with E-state index < -0.39 is 0 Å². The van der Waals surface area contributed by atoms with Crippen LogP contribution in [0, 0.1) is 12.8 Å². The number of morpholine rings is 1. The molecule has 0 N–H and O–H groups in total. The Morgan fingerprint density at radius 3 is 2.58 bits per heavy atom. The lowest BCUT2D eigenvalue weighted by molar-refractivity contribution is 0.122. The van der Waals surface area contributed by atoms with Crippen LogP contribution in [0.1, 0.15) is 36.9 Å². The monoisotopic (exact) mass is 418 g/mol. The zero-order valence-corrected chi connectivity index (χ0v) is 18.2. The highest BCUT2D eigenvalue weighted by Crippen LogP contribution is 2.34. The number of ether oxygens (including phenoxy) is 2. The van der Waals surface area contributed by atoms with Gasteiger partial charge in [-0.3, -0.25) is 9.97 Å². The molecule has 0 radical (unpaired) electrons. The Balaban J connectivity index is 1.27. The molecule has 2 aliphatic rings. The minimum Gasteiger partial charge on any atom is -0.488 e. The SMILES string of the molecule is Cc1ccc(CC2CCC(Oc3cc(N4CCOCC4)cc4nccnc34)CC2)cn1. The molecule has 0 amide bonds. The smallest absolute Gasteiger partial charge is 0.149 e. The van der Waals surface area contributed by atoms with Crippen molar-refractivity contribution in [2.45, 2.75) is 45.1 Å². The summed E-state index contributed by atoms with van der Waals surface area (Å²) in [4.78, 5) is 15.9. The lowest BCUT2D eigenvalue weighted by Crippen LogP contribution is -2.36. The van der Waals surface area contributed by atoms with Gasteiger partial charge < -0.3 is 14.4 Å². The Bertz CT molecular complexity index is 1010. The van der Waals surface area contributed by atoms with Gasteiger partial charge in [-0.2, -0.15) is 0 Å². The molecule has 0 atom stereocenters. The van der Waals surface area contributed by atoms with E-state index in [-0.39, 0.29) is 6.10 Å². The number of hydrogen-bond donors (Lipinski definition) is 0. The summed E-state index contributed by atoms with van der Waals surface area (Å²) in [5.41, 5.74) is 5.31. The predicted octanol–water partition coefficient (Wildman–Crippen LogP) is 4.35. The standard InChI is InChI=1S/C25H30N4O2/c1-18-2-3-20(17-28-18)14-19-4-6-22(7-5-19)31-24-16-21(29-10-12-30-13-11-29)15-23-25(24)27-9-8-26-23/h2-3,8-9,15-17,19,22H,4-7,10-14H2,1H3. The first kappa shape index (κ1) is 20.2. The maximum atomic E-state index is 6.54. The van der Waals surface area contributed by atoms with Gasteiger partial charge >= 0.3 is 0 Å². The van der Waals surface area contributed by atoms with Crippen molar-refractivity contribution in [3.05, 3.63) is 54.1 Å². The largest absolute Gasteiger partial charge is 0.488 e. The lowest BCUT2D eigenvalue weighted by atomic mass is 9.83. The fourth-order valence-corrected chi connectivity index (χ4v) is 4.71. The molecule has 2 aromatic heterocycles. The number of nitrogens with zero attached hydrogens (tertiary/aromatic N) is 4. The Morgan fingerprint density at radius 1 is 1.00 bits per heavy atom. The van der Waals surface area contributed by atoms with Crippen LogP contribution in [0.25, 0.3) is 11.0 Å². The number of pyridine rings is 1. The van der Waals surface area contributed by atoms with Gasteiger partial charge in [-0.1, -0.05) is 6.07 Å². The fourth-order valence-electron chi connectivity index (χ4n) is 4.71. The van der Waals surface area contributed by atoms with Gasteiger partial charge in [-0.05, 0) is 62.6 Å². The van der Waals surface area contributed by atoms with E-state index in [2.05, 4.69) is 44.1 Å². The molecule has 3 heterocycles. The van der Waals surface area contributed by atoms with Crippen LogP contribution in [-0.4, -0.2) is 47.4 Å². The van der Waals surface area contributed by atoms with Crippen molar-refractivity contribution < 1.29 is 9.47 Å². The van der Waals surface area contributed by atoms with Gasteiger partial charge in [0.1, 0.15) is 11.3 Å². The summed E-state index contributed by atoms with van der Waals surface area (Å²) in [6, 6.07) is 8.59. The van der Waals surface area contributed by atoms with E-state index in [4.69, 9.17) is 9.47 Å². The minimum absolute atomic E-state index is 0.234. The molecule has 1 aliphatic carbocycles. The van der Waals surface area contributed by atoms with Gasteiger partial charge in [-0.25, -0.2) is 4.98 Å². The summed E-state index contributed by atoms with van der Waals surface area (Å²) in [6.45, 7) is 5.34. The van der Waals surface area contributed by atoms with Crippen LogP contribution >= 0.6 is 0 Å². The van der Waals surface area contributed by atoms with E-state index in [0.29, 0.717) is 5.92 Å². The molecule has 31 heavy (non-hydrogen) atoms. The molecular weight excluding hydrogens is 388 g/mol. The third kappa shape index (κ3) is 4.79. The molecule has 1 aromatic carbocycles. The quantitative estimate of drug-likeness (QED) is 0.614. The molecule has 2 fully saturated rings. The Kier molecular flexibility index (Phi) is 5.98. The number of rotatable bonds is 5. The van der Waals surface area contributed by atoms with Crippen LogP contribution in [-0.2, 0) is 11.2 Å². The van der Waals surface area contributed by atoms with Crippen molar-refractivity contribution in [2.75, 3.05) is 31.2 Å². The molecule has 162 valence electrons. The maximum Gasteiger partial charge on any atom is 0.149 e. The van der Waals surface area contributed by atoms with E-state index in [9.17, 15) is 0 Å². The zero-order chi connectivity index (χ0) is 21.0. The molecule has 5 rings (SSSR count). The molecule has 6 heteroatoms. The highest BCUT2D eigenvalue weighted by atomic mass is 16.5. The average Bonchev–Trinajstić information content (AvgIpc) is 2.82. The Morgan fingerprint density at radius 2 is 1.81 bits per heavy atom. The van der Waals surface area contributed by atoms with E-state index in [1.807, 2.05) is 13.1 Å². The first-order valence-corrected chi connectivity index (χ1v) is 11.4. The van der Waals surface area contributed by atoms with Crippen LogP contribution in [0.4, 0.5) is 5.69 Å².